The predicted molar refractivity (Wildman–Crippen MR) is 14.1 cm³/mol. The van der Waals surface area contributed by atoms with Gasteiger partial charge in [0.1, 0.15) is 0 Å². The molecule has 0 unspecified atom stereocenters. The van der Waals surface area contributed by atoms with E-state index in [1.165, 1.54) is 0 Å². The molecule has 0 heterocycles. The summed E-state index contributed by atoms with van der Waals surface area (Å²) >= 11 is 0. The van der Waals surface area contributed by atoms with Crippen LogP contribution in [0.5, 0.6) is 0 Å². The van der Waals surface area contributed by atoms with Gasteiger partial charge in [0, 0.05) is 63.2 Å². The Hall–Kier alpha value is 1.86. The first-order chi connectivity index (χ1) is 2.00. The number of hydrogen-bond acceptors (Lipinski definition) is 4. The van der Waals surface area contributed by atoms with E-state index in [4.69, 9.17) is 21.0 Å². The van der Waals surface area contributed by atoms with Gasteiger partial charge < -0.3 is 5.48 Å². The third kappa shape index (κ3) is 107. The van der Waals surface area contributed by atoms with Gasteiger partial charge in [-0.05, 0) is 0 Å². The van der Waals surface area contributed by atoms with Gasteiger partial charge in [-0.15, -0.1) is 0 Å². The molecule has 0 aromatic rings. The zero-order chi connectivity index (χ0) is 4.00. The van der Waals surface area contributed by atoms with Crippen molar-refractivity contribution in [3.8, 4) is 0 Å². The molecule has 0 radical (unpaired) electrons. The maximum absolute atomic E-state index is 6.00. The maximum atomic E-state index is 6.00. The second-order valence-corrected chi connectivity index (χ2v) is 0. The van der Waals surface area contributed by atoms with Crippen LogP contribution in [0.4, 0.5) is 0 Å². The Bertz CT molecular complexity index is 7.64. The van der Waals surface area contributed by atoms with E-state index in [1.54, 1.807) is 0 Å². The van der Waals surface area contributed by atoms with E-state index in [-0.39, 0.29) is 68.7 Å². The molecule has 0 atom stereocenters. The van der Waals surface area contributed by atoms with Gasteiger partial charge in [-0.2, -0.15) is 0 Å². The predicted octanol–water partition coefficient (Wildman–Crippen LogP) is -0.797. The molecular formula is H6O5Pt3. The van der Waals surface area contributed by atoms with Crippen LogP contribution >= 0.6 is 0 Å². The van der Waals surface area contributed by atoms with E-state index >= 15 is 0 Å². The molecule has 8 heteroatoms. The quantitative estimate of drug-likeness (QED) is 0.200. The average molecular weight is 671 g/mol. The average Bonchev–Trinajstić information content (AvgIpc) is 1.50. The molecule has 0 aromatic carbocycles. The van der Waals surface area contributed by atoms with Gasteiger partial charge in [-0.25, -0.2) is 0 Å². The van der Waals surface area contributed by atoms with Crippen LogP contribution in [0.1, 0.15) is 0 Å². The molecule has 6 N–H and O–H groups in total. The van der Waals surface area contributed by atoms with Gasteiger partial charge in [0.25, 0.3) is 0 Å². The Balaban J connectivity index is -0.00000000167. The minimum Gasteiger partial charge on any atom is -0.412 e. The molecule has 0 saturated carbocycles. The second kappa shape index (κ2) is 158. The Morgan fingerprint density at radius 2 is 0.500 bits per heavy atom. The topological polar surface area (TPSA) is 112 Å². The van der Waals surface area contributed by atoms with E-state index in [9.17, 15) is 0 Å². The summed E-state index contributed by atoms with van der Waals surface area (Å²) in [5, 5.41) is 24.0. The Morgan fingerprint density at radius 1 is 0.500 bits per heavy atom. The van der Waals surface area contributed by atoms with Crippen LogP contribution < -0.4 is 0 Å². The summed E-state index contributed by atoms with van der Waals surface area (Å²) in [5.74, 6) is 0. The number of hydrogen-bond donors (Lipinski definition) is 4. The molecule has 0 bridgehead atoms. The minimum absolute atomic E-state index is 0. The second-order valence-electron chi connectivity index (χ2n) is 0. The molecule has 0 rings (SSSR count). The van der Waals surface area contributed by atoms with Crippen molar-refractivity contribution in [1.29, 1.82) is 0 Å². The summed E-state index contributed by atoms with van der Waals surface area (Å²) < 4.78 is 0. The molecule has 0 aliphatic carbocycles. The third-order valence-corrected chi connectivity index (χ3v) is 0. The van der Waals surface area contributed by atoms with Crippen LogP contribution in [-0.4, -0.2) is 26.5 Å². The maximum Gasteiger partial charge on any atom is 0 e. The van der Waals surface area contributed by atoms with Crippen LogP contribution in [-0.2, 0) is 63.2 Å². The van der Waals surface area contributed by atoms with Gasteiger partial charge in [-0.1, -0.05) is 0 Å². The third-order valence-electron chi connectivity index (χ3n) is 0. The molecule has 0 aliphatic rings. The molecule has 66 valence electrons. The van der Waals surface area contributed by atoms with E-state index in [0.29, 0.717) is 0 Å². The molecule has 0 aliphatic heterocycles. The van der Waals surface area contributed by atoms with Crippen molar-refractivity contribution in [3.63, 3.8) is 0 Å². The van der Waals surface area contributed by atoms with Crippen molar-refractivity contribution in [2.24, 2.45) is 0 Å². The minimum atomic E-state index is 0. The van der Waals surface area contributed by atoms with Crippen LogP contribution in [0, 0.1) is 0 Å². The van der Waals surface area contributed by atoms with Crippen LogP contribution in [0.3, 0.4) is 0 Å². The van der Waals surface area contributed by atoms with Crippen LogP contribution in [0.25, 0.3) is 0 Å². The molecule has 8 heavy (non-hydrogen) atoms. The normalized spacial score (nSPS) is 1.50. The molecule has 5 nitrogen and oxygen atoms in total. The van der Waals surface area contributed by atoms with E-state index in [2.05, 4.69) is 0 Å². The zero-order valence-corrected chi connectivity index (χ0v) is 10.1. The van der Waals surface area contributed by atoms with Crippen molar-refractivity contribution in [2.45, 2.75) is 0 Å². The summed E-state index contributed by atoms with van der Waals surface area (Å²) in [5.41, 5.74) is 0. The fourth-order valence-corrected chi connectivity index (χ4v) is 0. The van der Waals surface area contributed by atoms with Crippen molar-refractivity contribution in [1.82, 2.24) is 0 Å². The molecule has 0 spiro atoms. The molecule has 0 amide bonds. The smallest absolute Gasteiger partial charge is 0 e. The molecular weight excluding hydrogens is 665 g/mol. The summed E-state index contributed by atoms with van der Waals surface area (Å²) in [6, 6.07) is 0. The summed E-state index contributed by atoms with van der Waals surface area (Å²) in [7, 11) is 0. The first-order valence-corrected chi connectivity index (χ1v) is 0.400. The SMILES string of the molecule is O.OO.OO.[Pt].[Pt].[Pt]. The monoisotopic (exact) mass is 671 g/mol. The standard InChI is InChI=1S/2H2O2.H2O.3Pt/c2*1-2;;;;/h2*1-2H;1H2;;;. The van der Waals surface area contributed by atoms with E-state index in [1.807, 2.05) is 0 Å². The van der Waals surface area contributed by atoms with Crippen molar-refractivity contribution in [3.05, 3.63) is 0 Å². The van der Waals surface area contributed by atoms with Gasteiger partial charge in [0.15, 0.2) is 0 Å². The fourth-order valence-electron chi connectivity index (χ4n) is 0. The van der Waals surface area contributed by atoms with Crippen LogP contribution in [0.2, 0.25) is 0 Å². The van der Waals surface area contributed by atoms with Crippen molar-refractivity contribution in [2.75, 3.05) is 0 Å². The Kier molecular flexibility index (Phi) is 1020. The largest absolute Gasteiger partial charge is 0.412 e. The first-order valence-electron chi connectivity index (χ1n) is 0.400. The van der Waals surface area contributed by atoms with Crippen molar-refractivity contribution < 1.29 is 89.7 Å². The molecule has 0 aromatic heterocycles. The summed E-state index contributed by atoms with van der Waals surface area (Å²) in [6.07, 6.45) is 0. The fraction of sp³-hybridized carbons (Fsp3) is 0. The van der Waals surface area contributed by atoms with Gasteiger partial charge in [-0.3, -0.25) is 21.0 Å². The first kappa shape index (κ1) is 51.9. The molecule has 0 saturated heterocycles. The van der Waals surface area contributed by atoms with Crippen LogP contribution in [0.15, 0.2) is 0 Å². The Morgan fingerprint density at radius 3 is 0.500 bits per heavy atom. The Labute approximate surface area is 89.1 Å². The molecule has 0 fully saturated rings. The summed E-state index contributed by atoms with van der Waals surface area (Å²) in [6.45, 7) is 0. The van der Waals surface area contributed by atoms with Gasteiger partial charge in [0.05, 0.1) is 0 Å². The van der Waals surface area contributed by atoms with E-state index < -0.39 is 0 Å². The van der Waals surface area contributed by atoms with Gasteiger partial charge >= 0.3 is 0 Å². The summed E-state index contributed by atoms with van der Waals surface area (Å²) in [4.78, 5) is 0. The van der Waals surface area contributed by atoms with E-state index in [0.717, 1.165) is 0 Å². The zero-order valence-electron chi connectivity index (χ0n) is 3.24. The van der Waals surface area contributed by atoms with Gasteiger partial charge in [0.2, 0.25) is 0 Å². The number of rotatable bonds is 0. The van der Waals surface area contributed by atoms with Crippen molar-refractivity contribution >= 4 is 0 Å².